The maximum Gasteiger partial charge on any atom is 0.254 e. The van der Waals surface area contributed by atoms with E-state index >= 15 is 0 Å². The summed E-state index contributed by atoms with van der Waals surface area (Å²) < 4.78 is 26.7. The van der Waals surface area contributed by atoms with Gasteiger partial charge in [0.2, 0.25) is 11.8 Å². The highest BCUT2D eigenvalue weighted by atomic mass is 19.3. The van der Waals surface area contributed by atoms with Gasteiger partial charge in [0.25, 0.3) is 5.91 Å². The third kappa shape index (κ3) is 3.90. The van der Waals surface area contributed by atoms with Crippen LogP contribution < -0.4 is 5.32 Å². The zero-order valence-electron chi connectivity index (χ0n) is 15.7. The standard InChI is InChI=1S/C21H26F2N2O3/c22-21(23)8-7-16(10-21)19(27)24-17-11-25(12-18(17)26)20(28)15-6-2-5-14(9-15)13-3-1-4-13/h2,5-6,9,13,16-18,26H,1,3-4,7-8,10-12H2,(H,24,27)/t16?,17-,18-/m1/s1. The highest BCUT2D eigenvalue weighted by Crippen LogP contribution is 2.39. The highest BCUT2D eigenvalue weighted by Gasteiger charge is 2.44. The first-order valence-electron chi connectivity index (χ1n) is 10.1. The molecular formula is C21H26F2N2O3. The molecule has 28 heavy (non-hydrogen) atoms. The molecule has 0 aromatic heterocycles. The largest absolute Gasteiger partial charge is 0.389 e. The maximum atomic E-state index is 13.3. The number of benzene rings is 1. The fourth-order valence-electron chi connectivity index (χ4n) is 4.42. The lowest BCUT2D eigenvalue weighted by molar-refractivity contribution is -0.127. The topological polar surface area (TPSA) is 69.6 Å². The van der Waals surface area contributed by atoms with E-state index in [4.69, 9.17) is 0 Å². The smallest absolute Gasteiger partial charge is 0.254 e. The Hall–Kier alpha value is -2.02. The normalized spacial score (nSPS) is 29.5. The van der Waals surface area contributed by atoms with Crippen molar-refractivity contribution < 1.29 is 23.5 Å². The first kappa shape index (κ1) is 19.3. The Labute approximate surface area is 163 Å². The van der Waals surface area contributed by atoms with E-state index < -0.39 is 36.3 Å². The number of likely N-dealkylation sites (tertiary alicyclic amines) is 1. The molecule has 2 N–H and O–H groups in total. The number of hydrogen-bond acceptors (Lipinski definition) is 3. The Bertz CT molecular complexity index is 766. The van der Waals surface area contributed by atoms with E-state index in [2.05, 4.69) is 5.32 Å². The molecule has 152 valence electrons. The number of aliphatic hydroxyl groups excluding tert-OH is 1. The fourth-order valence-corrected chi connectivity index (χ4v) is 4.42. The molecule has 1 saturated heterocycles. The SMILES string of the molecule is O=C(N[C@@H]1CN(C(=O)c2cccc(C3CCC3)c2)C[C@H]1O)C1CCC(F)(F)C1. The molecule has 2 aliphatic carbocycles. The fraction of sp³-hybridized carbons (Fsp3) is 0.619. The Balaban J connectivity index is 1.37. The van der Waals surface area contributed by atoms with Crippen LogP contribution in [0.1, 0.15) is 60.4 Å². The van der Waals surface area contributed by atoms with Crippen molar-refractivity contribution in [1.29, 1.82) is 0 Å². The monoisotopic (exact) mass is 392 g/mol. The molecule has 2 amide bonds. The second kappa shape index (κ2) is 7.43. The van der Waals surface area contributed by atoms with Crippen LogP contribution in [-0.2, 0) is 4.79 Å². The number of hydrogen-bond donors (Lipinski definition) is 2. The van der Waals surface area contributed by atoms with E-state index in [-0.39, 0.29) is 31.8 Å². The van der Waals surface area contributed by atoms with Gasteiger partial charge in [-0.2, -0.15) is 0 Å². The number of β-amino-alcohol motifs (C(OH)–C–C–N with tert-alkyl or cyclic N) is 1. The van der Waals surface area contributed by atoms with Crippen LogP contribution in [-0.4, -0.2) is 53.0 Å². The summed E-state index contributed by atoms with van der Waals surface area (Å²) in [4.78, 5) is 26.7. The van der Waals surface area contributed by atoms with Crippen LogP contribution in [0.4, 0.5) is 8.78 Å². The summed E-state index contributed by atoms with van der Waals surface area (Å²) in [7, 11) is 0. The summed E-state index contributed by atoms with van der Waals surface area (Å²) in [6, 6.07) is 6.99. The van der Waals surface area contributed by atoms with Crippen LogP contribution in [0.3, 0.4) is 0 Å². The van der Waals surface area contributed by atoms with Crippen LogP contribution in [0.15, 0.2) is 24.3 Å². The van der Waals surface area contributed by atoms with Gasteiger partial charge in [0, 0.05) is 37.4 Å². The van der Waals surface area contributed by atoms with Crippen molar-refractivity contribution in [2.24, 2.45) is 5.92 Å². The molecule has 0 bridgehead atoms. The van der Waals surface area contributed by atoms with Crippen LogP contribution in [0.25, 0.3) is 0 Å². The first-order chi connectivity index (χ1) is 13.3. The summed E-state index contributed by atoms with van der Waals surface area (Å²) in [6.45, 7) is 0.306. The zero-order valence-corrected chi connectivity index (χ0v) is 15.7. The average molecular weight is 392 g/mol. The molecule has 0 spiro atoms. The average Bonchev–Trinajstić information content (AvgIpc) is 3.15. The summed E-state index contributed by atoms with van der Waals surface area (Å²) in [5, 5.41) is 13.0. The van der Waals surface area contributed by atoms with E-state index in [1.165, 1.54) is 16.9 Å². The van der Waals surface area contributed by atoms with Crippen molar-refractivity contribution in [3.8, 4) is 0 Å². The molecule has 1 aromatic carbocycles. The van der Waals surface area contributed by atoms with Gasteiger partial charge in [0.1, 0.15) is 0 Å². The second-order valence-corrected chi connectivity index (χ2v) is 8.44. The predicted octanol–water partition coefficient (Wildman–Crippen LogP) is 2.69. The van der Waals surface area contributed by atoms with Crippen LogP contribution in [0, 0.1) is 5.92 Å². The molecule has 1 aromatic rings. The molecule has 7 heteroatoms. The summed E-state index contributed by atoms with van der Waals surface area (Å²) in [6.07, 6.45) is 2.04. The Morgan fingerprint density at radius 1 is 1.18 bits per heavy atom. The molecule has 1 heterocycles. The third-order valence-corrected chi connectivity index (χ3v) is 6.39. The van der Waals surface area contributed by atoms with Gasteiger partial charge in [0.15, 0.2) is 0 Å². The van der Waals surface area contributed by atoms with Gasteiger partial charge in [-0.15, -0.1) is 0 Å². The number of rotatable bonds is 4. The van der Waals surface area contributed by atoms with Crippen molar-refractivity contribution in [3.05, 3.63) is 35.4 Å². The maximum absolute atomic E-state index is 13.3. The Morgan fingerprint density at radius 3 is 2.61 bits per heavy atom. The number of amides is 2. The van der Waals surface area contributed by atoms with Crippen LogP contribution >= 0.6 is 0 Å². The number of aliphatic hydroxyl groups is 1. The van der Waals surface area contributed by atoms with Gasteiger partial charge in [-0.1, -0.05) is 18.6 Å². The molecule has 4 rings (SSSR count). The van der Waals surface area contributed by atoms with Gasteiger partial charge in [0.05, 0.1) is 12.1 Å². The van der Waals surface area contributed by atoms with Crippen LogP contribution in [0.2, 0.25) is 0 Å². The highest BCUT2D eigenvalue weighted by molar-refractivity contribution is 5.94. The van der Waals surface area contributed by atoms with Gasteiger partial charge >= 0.3 is 0 Å². The molecule has 1 unspecified atom stereocenters. The number of carbonyl (C=O) groups excluding carboxylic acids is 2. The molecule has 2 saturated carbocycles. The molecular weight excluding hydrogens is 366 g/mol. The van der Waals surface area contributed by atoms with Gasteiger partial charge < -0.3 is 15.3 Å². The molecule has 0 radical (unpaired) electrons. The minimum Gasteiger partial charge on any atom is -0.389 e. The van der Waals surface area contributed by atoms with Gasteiger partial charge in [-0.05, 0) is 42.9 Å². The van der Waals surface area contributed by atoms with E-state index in [9.17, 15) is 23.5 Å². The molecule has 3 atom stereocenters. The number of alkyl halides is 2. The zero-order chi connectivity index (χ0) is 19.9. The van der Waals surface area contributed by atoms with Crippen LogP contribution in [0.5, 0.6) is 0 Å². The van der Waals surface area contributed by atoms with Crippen molar-refractivity contribution in [2.45, 2.75) is 62.5 Å². The molecule has 1 aliphatic heterocycles. The number of carbonyl (C=O) groups is 2. The lowest BCUT2D eigenvalue weighted by atomic mass is 9.79. The Kier molecular flexibility index (Phi) is 5.12. The molecule has 3 fully saturated rings. The molecule has 3 aliphatic rings. The minimum absolute atomic E-state index is 0.123. The quantitative estimate of drug-likeness (QED) is 0.828. The Morgan fingerprint density at radius 2 is 1.96 bits per heavy atom. The van der Waals surface area contributed by atoms with Gasteiger partial charge in [-0.3, -0.25) is 9.59 Å². The number of nitrogens with zero attached hydrogens (tertiary/aromatic N) is 1. The number of halogens is 2. The van der Waals surface area contributed by atoms with E-state index in [1.54, 1.807) is 6.07 Å². The summed E-state index contributed by atoms with van der Waals surface area (Å²) >= 11 is 0. The first-order valence-corrected chi connectivity index (χ1v) is 10.1. The van der Waals surface area contributed by atoms with E-state index in [0.717, 1.165) is 12.8 Å². The van der Waals surface area contributed by atoms with E-state index in [1.807, 2.05) is 18.2 Å². The summed E-state index contributed by atoms with van der Waals surface area (Å²) in [5.74, 6) is -3.63. The lowest BCUT2D eigenvalue weighted by Gasteiger charge is -2.26. The minimum atomic E-state index is -2.79. The lowest BCUT2D eigenvalue weighted by Crippen LogP contribution is -2.45. The predicted molar refractivity (Wildman–Crippen MR) is 99.2 cm³/mol. The van der Waals surface area contributed by atoms with Gasteiger partial charge in [-0.25, -0.2) is 8.78 Å². The van der Waals surface area contributed by atoms with Crippen molar-refractivity contribution in [2.75, 3.05) is 13.1 Å². The van der Waals surface area contributed by atoms with Crippen molar-refractivity contribution in [1.82, 2.24) is 10.2 Å². The third-order valence-electron chi connectivity index (χ3n) is 6.39. The van der Waals surface area contributed by atoms with Crippen molar-refractivity contribution >= 4 is 11.8 Å². The second-order valence-electron chi connectivity index (χ2n) is 8.44. The van der Waals surface area contributed by atoms with Crippen molar-refractivity contribution in [3.63, 3.8) is 0 Å². The molecule has 5 nitrogen and oxygen atoms in total. The summed E-state index contributed by atoms with van der Waals surface area (Å²) in [5.41, 5.74) is 1.75. The number of nitrogens with one attached hydrogen (secondary N) is 1. The van der Waals surface area contributed by atoms with E-state index in [0.29, 0.717) is 11.5 Å².